The Kier molecular flexibility index (Phi) is 4.45. The van der Waals surface area contributed by atoms with Crippen LogP contribution in [-0.4, -0.2) is 25.0 Å². The van der Waals surface area contributed by atoms with E-state index in [9.17, 15) is 13.2 Å². The van der Waals surface area contributed by atoms with Gasteiger partial charge in [0.05, 0.1) is 11.4 Å². The van der Waals surface area contributed by atoms with E-state index in [-0.39, 0.29) is 17.2 Å². The molecule has 0 bridgehead atoms. The molecule has 1 aromatic carbocycles. The Labute approximate surface area is 122 Å². The Bertz CT molecular complexity index is 742. The summed E-state index contributed by atoms with van der Waals surface area (Å²) < 4.78 is 24.2. The highest BCUT2D eigenvalue weighted by molar-refractivity contribution is 7.90. The Morgan fingerprint density at radius 2 is 1.85 bits per heavy atom. The summed E-state index contributed by atoms with van der Waals surface area (Å²) in [6, 6.07) is 9.63. The van der Waals surface area contributed by atoms with Gasteiger partial charge in [-0.05, 0) is 12.0 Å². The zero-order valence-corrected chi connectivity index (χ0v) is 13.1. The fourth-order valence-electron chi connectivity index (χ4n) is 2.06. The third kappa shape index (κ3) is 3.37. The van der Waals surface area contributed by atoms with E-state index in [2.05, 4.69) is 0 Å². The largest absolute Gasteiger partial charge is 0.307 e. The average Bonchev–Trinajstić information content (AvgIpc) is 2.73. The van der Waals surface area contributed by atoms with Gasteiger partial charge in [0.1, 0.15) is 9.84 Å². The number of benzene rings is 1. The molecule has 1 aromatic heterocycles. The number of hydrogen-bond acceptors (Lipinski definition) is 4. The molecule has 0 fully saturated rings. The van der Waals surface area contributed by atoms with Crippen LogP contribution in [0.5, 0.6) is 0 Å². The molecule has 0 saturated carbocycles. The molecule has 0 aliphatic carbocycles. The minimum atomic E-state index is -3.09. The fourth-order valence-corrected chi connectivity index (χ4v) is 3.55. The van der Waals surface area contributed by atoms with Crippen molar-refractivity contribution in [2.24, 2.45) is 0 Å². The van der Waals surface area contributed by atoms with Gasteiger partial charge in [0, 0.05) is 17.7 Å². The molecule has 0 N–H and O–H groups in total. The second kappa shape index (κ2) is 5.93. The Hall–Kier alpha value is -1.40. The van der Waals surface area contributed by atoms with Crippen molar-refractivity contribution in [3.63, 3.8) is 0 Å². The fraction of sp³-hybridized carbons (Fsp3) is 0.357. The van der Waals surface area contributed by atoms with E-state index in [1.807, 2.05) is 37.3 Å². The van der Waals surface area contributed by atoms with Gasteiger partial charge in [0.2, 0.25) is 0 Å². The number of rotatable bonds is 5. The molecule has 108 valence electrons. The van der Waals surface area contributed by atoms with Gasteiger partial charge in [-0.1, -0.05) is 48.6 Å². The third-order valence-corrected chi connectivity index (χ3v) is 5.07. The van der Waals surface area contributed by atoms with E-state index >= 15 is 0 Å². The molecule has 0 radical (unpaired) electrons. The SMILES string of the molecule is CCc1sc(=O)n(CCS(C)(=O)=O)c1-c1ccccc1. The second-order valence-corrected chi connectivity index (χ2v) is 7.95. The van der Waals surface area contributed by atoms with Crippen LogP contribution in [0, 0.1) is 0 Å². The lowest BCUT2D eigenvalue weighted by molar-refractivity contribution is 0.594. The summed E-state index contributed by atoms with van der Waals surface area (Å²) in [4.78, 5) is 13.0. The molecule has 0 spiro atoms. The molecule has 0 unspecified atom stereocenters. The lowest BCUT2D eigenvalue weighted by Gasteiger charge is -2.09. The summed E-state index contributed by atoms with van der Waals surface area (Å²) in [5.74, 6) is -0.0212. The highest BCUT2D eigenvalue weighted by atomic mass is 32.2. The standard InChI is InChI=1S/C14H17NO3S2/c1-3-12-13(11-7-5-4-6-8-11)15(14(16)19-12)9-10-20(2,17)18/h4-8H,3,9-10H2,1-2H3. The smallest absolute Gasteiger partial charge is 0.297 e. The summed E-state index contributed by atoms with van der Waals surface area (Å²) in [5, 5.41) is 0. The molecular weight excluding hydrogens is 294 g/mol. The van der Waals surface area contributed by atoms with Crippen LogP contribution in [0.3, 0.4) is 0 Å². The van der Waals surface area contributed by atoms with Gasteiger partial charge >= 0.3 is 4.87 Å². The lowest BCUT2D eigenvalue weighted by atomic mass is 10.1. The first-order valence-corrected chi connectivity index (χ1v) is 9.25. The number of aryl methyl sites for hydroxylation is 1. The van der Waals surface area contributed by atoms with Crippen LogP contribution in [-0.2, 0) is 22.8 Å². The molecule has 1 heterocycles. The second-order valence-electron chi connectivity index (χ2n) is 4.64. The number of aromatic nitrogens is 1. The molecule has 6 heteroatoms. The number of sulfone groups is 1. The Morgan fingerprint density at radius 1 is 1.20 bits per heavy atom. The average molecular weight is 311 g/mol. The molecule has 2 aromatic rings. The van der Waals surface area contributed by atoms with Crippen LogP contribution >= 0.6 is 11.3 Å². The number of hydrogen-bond donors (Lipinski definition) is 0. The van der Waals surface area contributed by atoms with Gasteiger partial charge in [0.25, 0.3) is 0 Å². The van der Waals surface area contributed by atoms with Gasteiger partial charge in [-0.2, -0.15) is 0 Å². The summed E-state index contributed by atoms with van der Waals surface area (Å²) in [6.07, 6.45) is 1.95. The molecule has 0 saturated heterocycles. The van der Waals surface area contributed by atoms with Crippen molar-refractivity contribution < 1.29 is 8.42 Å². The first-order valence-electron chi connectivity index (χ1n) is 6.38. The van der Waals surface area contributed by atoms with Crippen LogP contribution in [0.1, 0.15) is 11.8 Å². The van der Waals surface area contributed by atoms with E-state index in [1.165, 1.54) is 17.6 Å². The van der Waals surface area contributed by atoms with Crippen molar-refractivity contribution in [3.8, 4) is 11.3 Å². The molecular formula is C14H17NO3S2. The summed E-state index contributed by atoms with van der Waals surface area (Å²) in [5.41, 5.74) is 1.81. The number of nitrogens with zero attached hydrogens (tertiary/aromatic N) is 1. The Balaban J connectivity index is 2.51. The van der Waals surface area contributed by atoms with Crippen molar-refractivity contribution in [1.82, 2.24) is 4.57 Å². The van der Waals surface area contributed by atoms with Gasteiger partial charge in [0.15, 0.2) is 0 Å². The predicted octanol–water partition coefficient (Wildman–Crippen LogP) is 2.18. The summed E-state index contributed by atoms with van der Waals surface area (Å²) in [6.45, 7) is 2.21. The minimum Gasteiger partial charge on any atom is -0.297 e. The van der Waals surface area contributed by atoms with E-state index in [4.69, 9.17) is 0 Å². The van der Waals surface area contributed by atoms with Crippen LogP contribution in [0.2, 0.25) is 0 Å². The maximum atomic E-state index is 12.1. The lowest BCUT2D eigenvalue weighted by Crippen LogP contribution is -2.20. The van der Waals surface area contributed by atoms with Crippen molar-refractivity contribution in [2.75, 3.05) is 12.0 Å². The molecule has 0 atom stereocenters. The van der Waals surface area contributed by atoms with Crippen molar-refractivity contribution in [2.45, 2.75) is 19.9 Å². The van der Waals surface area contributed by atoms with Crippen molar-refractivity contribution in [3.05, 3.63) is 44.9 Å². The summed E-state index contributed by atoms with van der Waals surface area (Å²) >= 11 is 1.20. The van der Waals surface area contributed by atoms with Crippen molar-refractivity contribution in [1.29, 1.82) is 0 Å². The highest BCUT2D eigenvalue weighted by Gasteiger charge is 2.16. The topological polar surface area (TPSA) is 56.1 Å². The van der Waals surface area contributed by atoms with Gasteiger partial charge in [-0.15, -0.1) is 0 Å². The molecule has 20 heavy (non-hydrogen) atoms. The van der Waals surface area contributed by atoms with E-state index < -0.39 is 9.84 Å². The zero-order valence-electron chi connectivity index (χ0n) is 11.5. The minimum absolute atomic E-state index is 0.0212. The van der Waals surface area contributed by atoms with E-state index in [1.54, 1.807) is 4.57 Å². The van der Waals surface area contributed by atoms with Crippen LogP contribution in [0.25, 0.3) is 11.3 Å². The quantitative estimate of drug-likeness (QED) is 0.850. The molecule has 0 aliphatic heterocycles. The first-order chi connectivity index (χ1) is 9.42. The molecule has 4 nitrogen and oxygen atoms in total. The molecule has 0 amide bonds. The normalized spacial score (nSPS) is 11.7. The van der Waals surface area contributed by atoms with Crippen LogP contribution in [0.4, 0.5) is 0 Å². The molecule has 0 aliphatic rings. The highest BCUT2D eigenvalue weighted by Crippen LogP contribution is 2.26. The third-order valence-electron chi connectivity index (χ3n) is 3.02. The Morgan fingerprint density at radius 3 is 2.40 bits per heavy atom. The van der Waals surface area contributed by atoms with Gasteiger partial charge < -0.3 is 0 Å². The maximum Gasteiger partial charge on any atom is 0.307 e. The first kappa shape index (κ1) is 15.0. The van der Waals surface area contributed by atoms with Crippen LogP contribution < -0.4 is 4.87 Å². The van der Waals surface area contributed by atoms with Crippen LogP contribution in [0.15, 0.2) is 35.1 Å². The zero-order chi connectivity index (χ0) is 14.8. The van der Waals surface area contributed by atoms with E-state index in [0.29, 0.717) is 0 Å². The molecule has 2 rings (SSSR count). The monoisotopic (exact) mass is 311 g/mol. The maximum absolute atomic E-state index is 12.1. The van der Waals surface area contributed by atoms with Gasteiger partial charge in [-0.25, -0.2) is 8.42 Å². The predicted molar refractivity (Wildman–Crippen MR) is 83.1 cm³/mol. The van der Waals surface area contributed by atoms with Crippen molar-refractivity contribution >= 4 is 21.2 Å². The van der Waals surface area contributed by atoms with Gasteiger partial charge in [-0.3, -0.25) is 9.36 Å². The van der Waals surface area contributed by atoms with E-state index in [0.717, 1.165) is 22.6 Å². The summed E-state index contributed by atoms with van der Waals surface area (Å²) in [7, 11) is -3.09. The number of thiazole rings is 1.